The van der Waals surface area contributed by atoms with E-state index in [1.54, 1.807) is 0 Å². The van der Waals surface area contributed by atoms with Gasteiger partial charge in [-0.25, -0.2) is 0 Å². The summed E-state index contributed by atoms with van der Waals surface area (Å²) >= 11 is 0. The van der Waals surface area contributed by atoms with Crippen LogP contribution in [0.3, 0.4) is 0 Å². The molecule has 0 amide bonds. The summed E-state index contributed by atoms with van der Waals surface area (Å²) in [6.45, 7) is 0. The molecule has 55 valence electrons. The molecule has 0 aromatic heterocycles. The predicted octanol–water partition coefficient (Wildman–Crippen LogP) is 0.392. The van der Waals surface area contributed by atoms with E-state index in [1.807, 2.05) is 0 Å². The smallest absolute Gasteiger partial charge is 0.279 e. The summed E-state index contributed by atoms with van der Waals surface area (Å²) < 4.78 is 57.5. The van der Waals surface area contributed by atoms with Crippen molar-refractivity contribution in [3.63, 3.8) is 0 Å². The molecule has 0 aliphatic rings. The summed E-state index contributed by atoms with van der Waals surface area (Å²) in [5.74, 6) is 0. The number of hydrogen-bond donors (Lipinski definition) is 1. The van der Waals surface area contributed by atoms with Gasteiger partial charge in [0.05, 0.1) is 0 Å². The van der Waals surface area contributed by atoms with Crippen molar-refractivity contribution >= 4 is 10.1 Å². The van der Waals surface area contributed by atoms with Gasteiger partial charge in [-0.2, -0.15) is 21.6 Å². The molecule has 0 atom stereocenters. The molecule has 0 heterocycles. The van der Waals surface area contributed by atoms with Gasteiger partial charge in [0.25, 0.3) is 0 Å². The maximum atomic E-state index is 10.7. The molecular formula is CHF3NbO3S. The summed E-state index contributed by atoms with van der Waals surface area (Å²) in [7, 11) is -5.84. The molecule has 0 aliphatic carbocycles. The normalized spacial score (nSPS) is 12.4. The van der Waals surface area contributed by atoms with E-state index in [2.05, 4.69) is 0 Å². The van der Waals surface area contributed by atoms with Gasteiger partial charge in [-0.1, -0.05) is 0 Å². The molecule has 0 fully saturated rings. The van der Waals surface area contributed by atoms with Crippen LogP contribution in [0.2, 0.25) is 0 Å². The van der Waals surface area contributed by atoms with Crippen molar-refractivity contribution in [3.8, 4) is 0 Å². The second-order valence-corrected chi connectivity index (χ2v) is 2.33. The zero-order valence-corrected chi connectivity index (χ0v) is 6.77. The monoisotopic (exact) mass is 243 g/mol. The van der Waals surface area contributed by atoms with E-state index in [-0.39, 0.29) is 22.4 Å². The predicted molar refractivity (Wildman–Crippen MR) is 17.6 cm³/mol. The molecule has 0 aromatic rings. The molecule has 0 saturated heterocycles. The van der Waals surface area contributed by atoms with Gasteiger partial charge < -0.3 is 0 Å². The fourth-order valence-electron chi connectivity index (χ4n) is 0. The Morgan fingerprint density at radius 3 is 1.33 bits per heavy atom. The van der Waals surface area contributed by atoms with E-state index < -0.39 is 15.6 Å². The van der Waals surface area contributed by atoms with Crippen LogP contribution in [-0.2, 0) is 32.5 Å². The van der Waals surface area contributed by atoms with E-state index in [4.69, 9.17) is 13.0 Å². The van der Waals surface area contributed by atoms with Crippen molar-refractivity contribution < 1.29 is 48.5 Å². The number of rotatable bonds is 0. The zero-order chi connectivity index (χ0) is 7.00. The van der Waals surface area contributed by atoms with Crippen LogP contribution in [0.5, 0.6) is 0 Å². The largest absolute Gasteiger partial charge is 0.522 e. The molecule has 0 aromatic carbocycles. The molecule has 1 radical (unpaired) electrons. The van der Waals surface area contributed by atoms with Gasteiger partial charge in [-0.3, -0.25) is 4.55 Å². The van der Waals surface area contributed by atoms with Gasteiger partial charge in [-0.15, -0.1) is 0 Å². The second kappa shape index (κ2) is 3.02. The summed E-state index contributed by atoms with van der Waals surface area (Å²) in [5, 5.41) is 0. The first-order valence-corrected chi connectivity index (χ1v) is 2.73. The van der Waals surface area contributed by atoms with E-state index in [0.717, 1.165) is 0 Å². The summed E-state index contributed by atoms with van der Waals surface area (Å²) in [4.78, 5) is 0. The molecule has 0 rings (SSSR count). The summed E-state index contributed by atoms with van der Waals surface area (Å²) in [6.07, 6.45) is 0. The van der Waals surface area contributed by atoms with Gasteiger partial charge in [-0.05, 0) is 0 Å². The summed E-state index contributed by atoms with van der Waals surface area (Å²) in [6, 6.07) is 0. The molecule has 3 nitrogen and oxygen atoms in total. The van der Waals surface area contributed by atoms with Crippen LogP contribution in [0.25, 0.3) is 0 Å². The first-order valence-electron chi connectivity index (χ1n) is 1.29. The van der Waals surface area contributed by atoms with Crippen molar-refractivity contribution in [1.82, 2.24) is 0 Å². The number of alkyl halides is 3. The van der Waals surface area contributed by atoms with Crippen LogP contribution < -0.4 is 0 Å². The van der Waals surface area contributed by atoms with Crippen molar-refractivity contribution in [1.29, 1.82) is 0 Å². The van der Waals surface area contributed by atoms with Gasteiger partial charge in [0, 0.05) is 22.4 Å². The van der Waals surface area contributed by atoms with Crippen molar-refractivity contribution in [2.45, 2.75) is 5.51 Å². The molecule has 0 aliphatic heterocycles. The molecule has 8 heteroatoms. The molecule has 1 N–H and O–H groups in total. The van der Waals surface area contributed by atoms with Crippen LogP contribution in [0.4, 0.5) is 13.2 Å². The molecule has 0 spiro atoms. The van der Waals surface area contributed by atoms with Gasteiger partial charge >= 0.3 is 15.6 Å². The van der Waals surface area contributed by atoms with Crippen molar-refractivity contribution in [2.75, 3.05) is 0 Å². The van der Waals surface area contributed by atoms with Crippen LogP contribution in [-0.4, -0.2) is 18.5 Å². The minimum absolute atomic E-state index is 0. The maximum absolute atomic E-state index is 10.7. The Morgan fingerprint density at radius 2 is 1.33 bits per heavy atom. The molecule has 0 unspecified atom stereocenters. The van der Waals surface area contributed by atoms with Crippen LogP contribution >= 0.6 is 0 Å². The quantitative estimate of drug-likeness (QED) is 0.380. The van der Waals surface area contributed by atoms with Crippen LogP contribution in [0, 0.1) is 0 Å². The van der Waals surface area contributed by atoms with E-state index in [9.17, 15) is 13.2 Å². The van der Waals surface area contributed by atoms with E-state index >= 15 is 0 Å². The maximum Gasteiger partial charge on any atom is 0.522 e. The third-order valence-electron chi connectivity index (χ3n) is 0.292. The third kappa shape index (κ3) is 3.93. The molecular weight excluding hydrogens is 242 g/mol. The SMILES string of the molecule is O=S(=O)(O)C(F)(F)F.[Nb]. The first-order chi connectivity index (χ1) is 3.25. The zero-order valence-electron chi connectivity index (χ0n) is 3.75. The Kier molecular flexibility index (Phi) is 4.08. The topological polar surface area (TPSA) is 54.4 Å². The number of halogens is 3. The van der Waals surface area contributed by atoms with Crippen LogP contribution in [0.1, 0.15) is 0 Å². The van der Waals surface area contributed by atoms with E-state index in [1.165, 1.54) is 0 Å². The van der Waals surface area contributed by atoms with Gasteiger partial charge in [0.15, 0.2) is 0 Å². The Labute approximate surface area is 64.5 Å². The Morgan fingerprint density at radius 1 is 1.22 bits per heavy atom. The standard InChI is InChI=1S/CHF3O3S.Nb/c2-1(3,4)8(5,6)7;/h(H,5,6,7);. The second-order valence-electron chi connectivity index (χ2n) is 0.921. The minimum Gasteiger partial charge on any atom is -0.279 e. The van der Waals surface area contributed by atoms with Crippen LogP contribution in [0.15, 0.2) is 0 Å². The van der Waals surface area contributed by atoms with Crippen molar-refractivity contribution in [2.24, 2.45) is 0 Å². The van der Waals surface area contributed by atoms with E-state index in [0.29, 0.717) is 0 Å². The Hall–Kier alpha value is 0.440. The third-order valence-corrected chi connectivity index (χ3v) is 0.877. The van der Waals surface area contributed by atoms with Crippen molar-refractivity contribution in [3.05, 3.63) is 0 Å². The minimum atomic E-state index is -5.84. The summed E-state index contributed by atoms with van der Waals surface area (Å²) in [5.41, 5.74) is -5.53. The fraction of sp³-hybridized carbons (Fsp3) is 1.00. The van der Waals surface area contributed by atoms with Gasteiger partial charge in [0.1, 0.15) is 0 Å². The average molecular weight is 243 g/mol. The first kappa shape index (κ1) is 12.1. The molecule has 0 saturated carbocycles. The Balaban J connectivity index is 0. The fourth-order valence-corrected chi connectivity index (χ4v) is 0. The molecule has 9 heavy (non-hydrogen) atoms. The average Bonchev–Trinajstić information content (AvgIpc) is 1.25. The Bertz CT molecular complexity index is 168. The molecule has 0 bridgehead atoms. The van der Waals surface area contributed by atoms with Gasteiger partial charge in [0.2, 0.25) is 0 Å². The number of hydrogen-bond acceptors (Lipinski definition) is 2.